The molecule has 2 saturated heterocycles. The maximum atomic E-state index is 12.6. The molecule has 2 aliphatic heterocycles. The Morgan fingerprint density at radius 2 is 1.92 bits per heavy atom. The number of amides is 3. The minimum absolute atomic E-state index is 0.0475. The van der Waals surface area contributed by atoms with Crippen molar-refractivity contribution in [2.75, 3.05) is 26.2 Å². The van der Waals surface area contributed by atoms with Gasteiger partial charge in [0.05, 0.1) is 6.54 Å². The van der Waals surface area contributed by atoms with E-state index in [1.165, 1.54) is 4.90 Å². The third kappa shape index (κ3) is 3.86. The first-order valence-electron chi connectivity index (χ1n) is 9.17. The molecule has 0 saturated carbocycles. The Morgan fingerprint density at radius 1 is 1.15 bits per heavy atom. The molecule has 1 atom stereocenters. The van der Waals surface area contributed by atoms with Gasteiger partial charge in [0, 0.05) is 32.5 Å². The lowest BCUT2D eigenvalue weighted by Crippen LogP contribution is -2.58. The quantitative estimate of drug-likeness (QED) is 0.686. The number of nitrogens with zero attached hydrogens (tertiary/aromatic N) is 5. The minimum Gasteiger partial charge on any atom is -0.343 e. The Hall–Kier alpha value is -2.45. The van der Waals surface area contributed by atoms with Gasteiger partial charge in [-0.1, -0.05) is 12.1 Å². The van der Waals surface area contributed by atoms with Crippen LogP contribution >= 0.6 is 0 Å². The van der Waals surface area contributed by atoms with Crippen LogP contribution in [0, 0.1) is 0 Å². The van der Waals surface area contributed by atoms with E-state index >= 15 is 0 Å². The molecule has 0 spiro atoms. The summed E-state index contributed by atoms with van der Waals surface area (Å²) in [5.74, 6) is 0.882. The molecule has 0 N–H and O–H groups in total. The third-order valence-electron chi connectivity index (χ3n) is 4.94. The highest BCUT2D eigenvalue weighted by molar-refractivity contribution is 5.94. The van der Waals surface area contributed by atoms with E-state index in [4.69, 9.17) is 4.52 Å². The van der Waals surface area contributed by atoms with Crippen molar-refractivity contribution in [2.24, 2.45) is 0 Å². The fourth-order valence-electron chi connectivity index (χ4n) is 3.40. The van der Waals surface area contributed by atoms with Crippen LogP contribution in [0.15, 0.2) is 4.52 Å². The summed E-state index contributed by atoms with van der Waals surface area (Å²) in [7, 11) is 0. The molecule has 1 aromatic heterocycles. The van der Waals surface area contributed by atoms with Gasteiger partial charge in [0.15, 0.2) is 5.82 Å². The fourth-order valence-corrected chi connectivity index (χ4v) is 3.40. The average Bonchev–Trinajstić information content (AvgIpc) is 3.25. The van der Waals surface area contributed by atoms with Crippen LogP contribution < -0.4 is 0 Å². The molecule has 0 radical (unpaired) electrons. The molecule has 2 fully saturated rings. The van der Waals surface area contributed by atoms with Gasteiger partial charge in [-0.05, 0) is 19.8 Å². The predicted octanol–water partition coefficient (Wildman–Crippen LogP) is 0.204. The van der Waals surface area contributed by atoms with Gasteiger partial charge in [-0.15, -0.1) is 0 Å². The molecule has 3 amide bonds. The van der Waals surface area contributed by atoms with Crippen molar-refractivity contribution < 1.29 is 18.9 Å². The monoisotopic (exact) mass is 363 g/mol. The summed E-state index contributed by atoms with van der Waals surface area (Å²) >= 11 is 0. The van der Waals surface area contributed by atoms with Crippen LogP contribution in [-0.4, -0.2) is 74.8 Å². The number of hydrogen-bond donors (Lipinski definition) is 0. The molecule has 0 unspecified atom stereocenters. The molecular weight excluding hydrogens is 338 g/mol. The number of aryl methyl sites for hydroxylation is 1. The van der Waals surface area contributed by atoms with Crippen molar-refractivity contribution in [3.05, 3.63) is 11.7 Å². The van der Waals surface area contributed by atoms with Gasteiger partial charge in [-0.25, -0.2) is 0 Å². The lowest BCUT2D eigenvalue weighted by Gasteiger charge is -2.38. The van der Waals surface area contributed by atoms with Crippen LogP contribution in [0.2, 0.25) is 0 Å². The summed E-state index contributed by atoms with van der Waals surface area (Å²) in [6.45, 7) is 5.73. The standard InChI is InChI=1S/C17H25N5O4/c1-3-13-18-14(26-19-13)10-22-12(2)17(25)21(11-16(22)24)9-5-8-20-7-4-6-15(20)23/h12H,3-11H2,1-2H3/t12-/m0/s1. The van der Waals surface area contributed by atoms with E-state index in [-0.39, 0.29) is 30.8 Å². The number of piperazine rings is 1. The molecule has 9 nitrogen and oxygen atoms in total. The van der Waals surface area contributed by atoms with Crippen molar-refractivity contribution in [1.29, 1.82) is 0 Å². The molecule has 142 valence electrons. The zero-order valence-electron chi connectivity index (χ0n) is 15.3. The highest BCUT2D eigenvalue weighted by atomic mass is 16.5. The van der Waals surface area contributed by atoms with Gasteiger partial charge in [0.2, 0.25) is 23.6 Å². The first kappa shape index (κ1) is 18.3. The van der Waals surface area contributed by atoms with Gasteiger partial charge in [0.25, 0.3) is 0 Å². The van der Waals surface area contributed by atoms with E-state index in [9.17, 15) is 14.4 Å². The van der Waals surface area contributed by atoms with Gasteiger partial charge in [0.1, 0.15) is 12.6 Å². The molecule has 9 heteroatoms. The third-order valence-corrected chi connectivity index (χ3v) is 4.94. The van der Waals surface area contributed by atoms with Crippen molar-refractivity contribution in [3.63, 3.8) is 0 Å². The summed E-state index contributed by atoms with van der Waals surface area (Å²) in [5.41, 5.74) is 0. The summed E-state index contributed by atoms with van der Waals surface area (Å²) in [4.78, 5) is 45.8. The number of aromatic nitrogens is 2. The number of rotatable bonds is 7. The van der Waals surface area contributed by atoms with E-state index in [1.807, 2.05) is 11.8 Å². The van der Waals surface area contributed by atoms with Gasteiger partial charge < -0.3 is 19.2 Å². The van der Waals surface area contributed by atoms with Gasteiger partial charge >= 0.3 is 0 Å². The molecule has 26 heavy (non-hydrogen) atoms. The van der Waals surface area contributed by atoms with Crippen LogP contribution in [0.5, 0.6) is 0 Å². The normalized spacial score (nSPS) is 21.2. The second-order valence-electron chi connectivity index (χ2n) is 6.75. The van der Waals surface area contributed by atoms with Crippen LogP contribution in [0.3, 0.4) is 0 Å². The molecule has 3 heterocycles. The maximum absolute atomic E-state index is 12.6. The summed E-state index contributed by atoms with van der Waals surface area (Å²) in [6.07, 6.45) is 2.85. The minimum atomic E-state index is -0.568. The zero-order chi connectivity index (χ0) is 18.7. The van der Waals surface area contributed by atoms with E-state index in [0.717, 1.165) is 13.0 Å². The second-order valence-corrected chi connectivity index (χ2v) is 6.75. The molecular formula is C17H25N5O4. The van der Waals surface area contributed by atoms with Crippen molar-refractivity contribution in [2.45, 2.75) is 52.1 Å². The maximum Gasteiger partial charge on any atom is 0.246 e. The zero-order valence-corrected chi connectivity index (χ0v) is 15.3. The van der Waals surface area contributed by atoms with Crippen LogP contribution in [0.1, 0.15) is 44.8 Å². The van der Waals surface area contributed by atoms with E-state index in [0.29, 0.717) is 44.1 Å². The number of carbonyl (C=O) groups is 3. The SMILES string of the molecule is CCc1noc(CN2C(=O)CN(CCCN3CCCC3=O)C(=O)[C@@H]2C)n1. The number of hydrogen-bond acceptors (Lipinski definition) is 6. The largest absolute Gasteiger partial charge is 0.343 e. The highest BCUT2D eigenvalue weighted by Crippen LogP contribution is 2.17. The number of likely N-dealkylation sites (tertiary alicyclic amines) is 1. The van der Waals surface area contributed by atoms with E-state index in [1.54, 1.807) is 11.8 Å². The Balaban J connectivity index is 1.53. The Kier molecular flexibility index (Phi) is 5.53. The summed E-state index contributed by atoms with van der Waals surface area (Å²) in [5, 5.41) is 3.82. The fraction of sp³-hybridized carbons (Fsp3) is 0.706. The van der Waals surface area contributed by atoms with Crippen molar-refractivity contribution in [1.82, 2.24) is 24.8 Å². The van der Waals surface area contributed by atoms with E-state index in [2.05, 4.69) is 10.1 Å². The van der Waals surface area contributed by atoms with E-state index < -0.39 is 6.04 Å². The van der Waals surface area contributed by atoms with Gasteiger partial charge in [-0.3, -0.25) is 14.4 Å². The van der Waals surface area contributed by atoms with Crippen LogP contribution in [0.4, 0.5) is 0 Å². The molecule has 2 aliphatic rings. The van der Waals surface area contributed by atoms with Gasteiger partial charge in [-0.2, -0.15) is 4.98 Å². The summed E-state index contributed by atoms with van der Waals surface area (Å²) < 4.78 is 5.13. The second kappa shape index (κ2) is 7.84. The molecule has 0 aliphatic carbocycles. The van der Waals surface area contributed by atoms with Crippen LogP contribution in [-0.2, 0) is 27.3 Å². The molecule has 0 bridgehead atoms. The Labute approximate surface area is 152 Å². The lowest BCUT2D eigenvalue weighted by atomic mass is 10.1. The Morgan fingerprint density at radius 3 is 2.58 bits per heavy atom. The van der Waals surface area contributed by atoms with Crippen molar-refractivity contribution >= 4 is 17.7 Å². The molecule has 0 aromatic carbocycles. The van der Waals surface area contributed by atoms with Crippen LogP contribution in [0.25, 0.3) is 0 Å². The lowest BCUT2D eigenvalue weighted by molar-refractivity contribution is -0.156. The molecule has 3 rings (SSSR count). The average molecular weight is 363 g/mol. The number of carbonyl (C=O) groups excluding carboxylic acids is 3. The smallest absolute Gasteiger partial charge is 0.246 e. The highest BCUT2D eigenvalue weighted by Gasteiger charge is 2.37. The summed E-state index contributed by atoms with van der Waals surface area (Å²) in [6, 6.07) is -0.568. The molecule has 1 aromatic rings. The first-order valence-corrected chi connectivity index (χ1v) is 9.17. The Bertz CT molecular complexity index is 688. The van der Waals surface area contributed by atoms with Crippen molar-refractivity contribution in [3.8, 4) is 0 Å². The first-order chi connectivity index (χ1) is 12.5. The predicted molar refractivity (Wildman–Crippen MR) is 90.7 cm³/mol. The topological polar surface area (TPSA) is 99.9 Å².